The fraction of sp³-hybridized carbons (Fsp3) is 0.368. The normalized spacial score (nSPS) is 26.3. The summed E-state index contributed by atoms with van der Waals surface area (Å²) >= 11 is 0. The van der Waals surface area contributed by atoms with Crippen molar-refractivity contribution in [3.8, 4) is 0 Å². The first-order valence-electron chi connectivity index (χ1n) is 16.7. The maximum atomic E-state index is 15.5. The summed E-state index contributed by atoms with van der Waals surface area (Å²) < 4.78 is 65.9. The fourth-order valence-corrected chi connectivity index (χ4v) is 5.73. The van der Waals surface area contributed by atoms with Crippen LogP contribution in [-0.2, 0) is 57.0 Å². The first-order valence-corrected chi connectivity index (χ1v) is 16.7. The minimum Gasteiger partial charge on any atom is -0.456 e. The highest BCUT2D eigenvalue weighted by atomic mass is 19.1. The third-order valence-electron chi connectivity index (χ3n) is 8.06. The van der Waals surface area contributed by atoms with Crippen LogP contribution in [0.2, 0.25) is 0 Å². The molecule has 3 aromatic carbocycles. The van der Waals surface area contributed by atoms with E-state index in [0.717, 1.165) is 20.8 Å². The van der Waals surface area contributed by atoms with Crippen LogP contribution in [0.1, 0.15) is 51.8 Å². The highest BCUT2D eigenvalue weighted by molar-refractivity contribution is 5.91. The fourth-order valence-electron chi connectivity index (χ4n) is 5.73. The van der Waals surface area contributed by atoms with Crippen LogP contribution in [0.25, 0.3) is 0 Å². The van der Waals surface area contributed by atoms with Gasteiger partial charge in [0.15, 0.2) is 42.9 Å². The van der Waals surface area contributed by atoms with Crippen molar-refractivity contribution < 1.29 is 75.8 Å². The SMILES string of the molecule is CC(=O)O[C@@H]1[C@@H](OC(C)=O)[C@H](F)O[C@H](CO[C@@H]2OC[C@@H](OC(=O)c3ccccc3)[C@H](OC(=O)c3ccccc3)[C@H]2OC(=O)c2ccccc2)[C@H]1OC(C)=O. The Morgan fingerprint density at radius 1 is 0.556 bits per heavy atom. The minimum atomic E-state index is -2.39. The third kappa shape index (κ3) is 10.2. The van der Waals surface area contributed by atoms with Crippen molar-refractivity contribution in [2.75, 3.05) is 13.2 Å². The second kappa shape index (κ2) is 18.4. The van der Waals surface area contributed by atoms with Gasteiger partial charge in [-0.2, -0.15) is 0 Å². The molecule has 0 aromatic heterocycles. The maximum absolute atomic E-state index is 15.5. The Hall–Kier alpha value is -5.71. The van der Waals surface area contributed by atoms with Crippen LogP contribution in [-0.4, -0.2) is 104 Å². The second-order valence-corrected chi connectivity index (χ2v) is 12.1. The molecule has 0 radical (unpaired) electrons. The maximum Gasteiger partial charge on any atom is 0.338 e. The lowest BCUT2D eigenvalue weighted by Crippen LogP contribution is -2.62. The predicted molar refractivity (Wildman–Crippen MR) is 179 cm³/mol. The van der Waals surface area contributed by atoms with E-state index in [1.807, 2.05) is 0 Å². The Kier molecular flexibility index (Phi) is 13.4. The van der Waals surface area contributed by atoms with Crippen LogP contribution in [0.3, 0.4) is 0 Å². The molecule has 54 heavy (non-hydrogen) atoms. The number of carbonyl (C=O) groups excluding carboxylic acids is 6. The largest absolute Gasteiger partial charge is 0.456 e. The van der Waals surface area contributed by atoms with Gasteiger partial charge in [-0.05, 0) is 36.4 Å². The standard InChI is InChI=1S/C38H37FO15/c1-21(40)48-29-27(51-34(39)32(50-23(3)42)31(29)49-22(2)41)19-46-38-33(54-37(45)26-17-11-6-12-18-26)30(53-36(44)25-15-9-5-10-16-25)28(20-47-38)52-35(43)24-13-7-4-8-14-24/h4-18,27-34,38H,19-20H2,1-3H3/t27-,28-,29-,30+,31+,32-,33-,34-,38-/m1/s1. The lowest BCUT2D eigenvalue weighted by atomic mass is 9.98. The van der Waals surface area contributed by atoms with Gasteiger partial charge in [0.05, 0.1) is 29.9 Å². The van der Waals surface area contributed by atoms with Gasteiger partial charge < -0.3 is 42.6 Å². The summed E-state index contributed by atoms with van der Waals surface area (Å²) in [4.78, 5) is 76.2. The summed E-state index contributed by atoms with van der Waals surface area (Å²) in [5, 5.41) is 0. The molecule has 3 aromatic rings. The first kappa shape index (κ1) is 39.5. The van der Waals surface area contributed by atoms with Crippen molar-refractivity contribution in [3.05, 3.63) is 108 Å². The Morgan fingerprint density at radius 2 is 0.981 bits per heavy atom. The van der Waals surface area contributed by atoms with E-state index in [2.05, 4.69) is 0 Å². The van der Waals surface area contributed by atoms with Gasteiger partial charge in [-0.25, -0.2) is 18.8 Å². The van der Waals surface area contributed by atoms with Crippen molar-refractivity contribution in [2.45, 2.75) is 76.1 Å². The Labute approximate surface area is 308 Å². The zero-order chi connectivity index (χ0) is 38.8. The second-order valence-electron chi connectivity index (χ2n) is 12.1. The van der Waals surface area contributed by atoms with E-state index in [1.165, 1.54) is 36.4 Å². The van der Waals surface area contributed by atoms with E-state index >= 15 is 4.39 Å². The monoisotopic (exact) mass is 752 g/mol. The topological polar surface area (TPSA) is 185 Å². The van der Waals surface area contributed by atoms with Gasteiger partial charge in [0.25, 0.3) is 0 Å². The van der Waals surface area contributed by atoms with Crippen molar-refractivity contribution in [2.24, 2.45) is 0 Å². The number of carbonyl (C=O) groups is 6. The van der Waals surface area contributed by atoms with Crippen LogP contribution < -0.4 is 0 Å². The molecule has 2 saturated heterocycles. The number of halogens is 1. The molecule has 2 aliphatic rings. The van der Waals surface area contributed by atoms with Gasteiger partial charge >= 0.3 is 35.8 Å². The average Bonchev–Trinajstić information content (AvgIpc) is 3.15. The summed E-state index contributed by atoms with van der Waals surface area (Å²) in [7, 11) is 0. The highest BCUT2D eigenvalue weighted by Gasteiger charge is 2.54. The zero-order valence-corrected chi connectivity index (χ0v) is 29.3. The molecule has 5 rings (SSSR count). The molecule has 0 unspecified atom stereocenters. The molecule has 0 bridgehead atoms. The Bertz CT molecular complexity index is 1770. The number of ether oxygens (including phenoxy) is 9. The van der Waals surface area contributed by atoms with Gasteiger partial charge in [-0.15, -0.1) is 0 Å². The van der Waals surface area contributed by atoms with E-state index in [0.29, 0.717) is 0 Å². The predicted octanol–water partition coefficient (Wildman–Crippen LogP) is 3.53. The van der Waals surface area contributed by atoms with Gasteiger partial charge in [0, 0.05) is 20.8 Å². The quantitative estimate of drug-likeness (QED) is 0.193. The van der Waals surface area contributed by atoms with Crippen LogP contribution in [0.4, 0.5) is 4.39 Å². The molecule has 0 N–H and O–H groups in total. The van der Waals surface area contributed by atoms with Crippen molar-refractivity contribution in [3.63, 3.8) is 0 Å². The summed E-state index contributed by atoms with van der Waals surface area (Å²) in [5.74, 6) is -5.30. The van der Waals surface area contributed by atoms with Crippen LogP contribution in [0.15, 0.2) is 91.0 Å². The molecule has 15 nitrogen and oxygen atoms in total. The smallest absolute Gasteiger partial charge is 0.338 e. The summed E-state index contributed by atoms with van der Waals surface area (Å²) in [6.07, 6.45) is -15.2. The first-order chi connectivity index (χ1) is 25.9. The van der Waals surface area contributed by atoms with Gasteiger partial charge in [0.1, 0.15) is 6.10 Å². The highest BCUT2D eigenvalue weighted by Crippen LogP contribution is 2.32. The number of hydrogen-bond acceptors (Lipinski definition) is 15. The Morgan fingerprint density at radius 3 is 1.46 bits per heavy atom. The van der Waals surface area contributed by atoms with Crippen molar-refractivity contribution in [1.29, 1.82) is 0 Å². The summed E-state index contributed by atoms with van der Waals surface area (Å²) in [6, 6.07) is 23.6. The van der Waals surface area contributed by atoms with Gasteiger partial charge in [-0.1, -0.05) is 54.6 Å². The molecular weight excluding hydrogens is 715 g/mol. The van der Waals surface area contributed by atoms with E-state index in [4.69, 9.17) is 42.6 Å². The van der Waals surface area contributed by atoms with Crippen LogP contribution in [0.5, 0.6) is 0 Å². The van der Waals surface area contributed by atoms with Crippen LogP contribution in [0, 0.1) is 0 Å². The molecule has 0 aliphatic carbocycles. The molecular formula is C38H37FO15. The molecule has 0 spiro atoms. The molecule has 2 aliphatic heterocycles. The number of hydrogen-bond donors (Lipinski definition) is 0. The number of alkyl halides is 1. The van der Waals surface area contributed by atoms with E-state index in [1.54, 1.807) is 54.6 Å². The molecule has 2 fully saturated rings. The van der Waals surface area contributed by atoms with Crippen molar-refractivity contribution >= 4 is 35.8 Å². The van der Waals surface area contributed by atoms with E-state index in [9.17, 15) is 28.8 Å². The average molecular weight is 753 g/mol. The van der Waals surface area contributed by atoms with E-state index < -0.39 is 104 Å². The van der Waals surface area contributed by atoms with Gasteiger partial charge in [-0.3, -0.25) is 14.4 Å². The number of rotatable bonds is 12. The summed E-state index contributed by atoms with van der Waals surface area (Å²) in [5.41, 5.74) is 0.387. The van der Waals surface area contributed by atoms with Crippen molar-refractivity contribution in [1.82, 2.24) is 0 Å². The number of esters is 6. The zero-order valence-electron chi connectivity index (χ0n) is 29.3. The molecule has 9 atom stereocenters. The minimum absolute atomic E-state index is 0.0966. The van der Waals surface area contributed by atoms with E-state index in [-0.39, 0.29) is 16.7 Å². The van der Waals surface area contributed by atoms with Gasteiger partial charge in [0.2, 0.25) is 6.36 Å². The molecule has 286 valence electrons. The molecule has 0 saturated carbocycles. The lowest BCUT2D eigenvalue weighted by Gasteiger charge is -2.43. The molecule has 0 amide bonds. The summed E-state index contributed by atoms with van der Waals surface area (Å²) in [6.45, 7) is 1.92. The molecule has 2 heterocycles. The molecule has 16 heteroatoms. The number of benzene rings is 3. The van der Waals surface area contributed by atoms with Crippen LogP contribution >= 0.6 is 0 Å². The Balaban J connectivity index is 1.47. The third-order valence-corrected chi connectivity index (χ3v) is 8.06. The lowest BCUT2D eigenvalue weighted by molar-refractivity contribution is -0.304.